The Morgan fingerprint density at radius 2 is 1.80 bits per heavy atom. The summed E-state index contributed by atoms with van der Waals surface area (Å²) in [5, 5.41) is 17.0. The van der Waals surface area contributed by atoms with Crippen LogP contribution < -0.4 is 5.56 Å². The van der Waals surface area contributed by atoms with Crippen LogP contribution in [0.5, 0.6) is 5.88 Å². The maximum atomic E-state index is 12.2. The third-order valence-corrected chi connectivity index (χ3v) is 4.63. The number of nitrogens with zero attached hydrogens (tertiary/aromatic N) is 3. The van der Waals surface area contributed by atoms with Crippen LogP contribution in [-0.4, -0.2) is 39.0 Å². The van der Waals surface area contributed by atoms with Crippen molar-refractivity contribution >= 4 is 18.4 Å². The number of H-pyrrole nitrogens is 1. The highest BCUT2D eigenvalue weighted by atomic mass is 32.1. The van der Waals surface area contributed by atoms with Crippen LogP contribution >= 0.6 is 12.2 Å². The molecule has 1 saturated heterocycles. The molecule has 1 aliphatic rings. The van der Waals surface area contributed by atoms with Crippen LogP contribution in [0.4, 0.5) is 0 Å². The first-order chi connectivity index (χ1) is 12.1. The van der Waals surface area contributed by atoms with Gasteiger partial charge in [0.05, 0.1) is 11.9 Å². The fourth-order valence-corrected chi connectivity index (χ4v) is 3.18. The molecule has 25 heavy (non-hydrogen) atoms. The summed E-state index contributed by atoms with van der Waals surface area (Å²) in [6.45, 7) is 3.72. The van der Waals surface area contributed by atoms with Gasteiger partial charge < -0.3 is 5.11 Å². The number of hydrogen-bond acceptors (Lipinski definition) is 5. The monoisotopic (exact) mass is 358 g/mol. The summed E-state index contributed by atoms with van der Waals surface area (Å²) in [7, 11) is 0. The predicted octanol–water partition coefficient (Wildman–Crippen LogP) is 3.12. The van der Waals surface area contributed by atoms with Crippen molar-refractivity contribution in [2.75, 3.05) is 13.1 Å². The number of aromatic hydroxyl groups is 1. The van der Waals surface area contributed by atoms with Crippen LogP contribution in [0.15, 0.2) is 34.2 Å². The Labute approximate surface area is 151 Å². The summed E-state index contributed by atoms with van der Waals surface area (Å²) in [6, 6.07) is 7.54. The van der Waals surface area contributed by atoms with Crippen molar-refractivity contribution in [2.45, 2.75) is 32.6 Å². The van der Waals surface area contributed by atoms with Gasteiger partial charge in [-0.1, -0.05) is 30.5 Å². The van der Waals surface area contributed by atoms with Gasteiger partial charge in [0.2, 0.25) is 5.88 Å². The molecule has 0 radical (unpaired) electrons. The molecule has 0 bridgehead atoms. The Hall–Kier alpha value is -2.41. The lowest BCUT2D eigenvalue weighted by Gasteiger charge is -2.16. The molecule has 1 aliphatic heterocycles. The Balaban J connectivity index is 1.99. The quantitative estimate of drug-likeness (QED) is 0.653. The highest BCUT2D eigenvalue weighted by molar-refractivity contribution is 7.71. The van der Waals surface area contributed by atoms with E-state index in [1.165, 1.54) is 23.6 Å². The van der Waals surface area contributed by atoms with Crippen molar-refractivity contribution in [1.82, 2.24) is 14.6 Å². The van der Waals surface area contributed by atoms with Crippen molar-refractivity contribution in [1.29, 1.82) is 0 Å². The third kappa shape index (κ3) is 3.99. The minimum absolute atomic E-state index is 0.110. The standard InChI is InChI=1S/C18H22N4O2S/c1-13-6-8-14(9-7-13)22-17(24)15(16(23)20-18(22)25)12-19-21-10-4-2-3-5-11-21/h6-9,12,24H,2-5,10-11H2,1H3,(H,20,23,25)/b19-12+. The van der Waals surface area contributed by atoms with Gasteiger partial charge in [0.1, 0.15) is 5.56 Å². The highest BCUT2D eigenvalue weighted by Gasteiger charge is 2.13. The van der Waals surface area contributed by atoms with E-state index in [0.717, 1.165) is 31.5 Å². The van der Waals surface area contributed by atoms with Crippen molar-refractivity contribution in [3.05, 3.63) is 50.5 Å². The van der Waals surface area contributed by atoms with Gasteiger partial charge in [-0.3, -0.25) is 19.4 Å². The van der Waals surface area contributed by atoms with E-state index in [9.17, 15) is 9.90 Å². The second-order valence-electron chi connectivity index (χ2n) is 6.28. The van der Waals surface area contributed by atoms with E-state index in [1.54, 1.807) is 0 Å². The van der Waals surface area contributed by atoms with Crippen molar-refractivity contribution in [2.24, 2.45) is 5.10 Å². The van der Waals surface area contributed by atoms with Crippen LogP contribution in [-0.2, 0) is 0 Å². The molecule has 2 N–H and O–H groups in total. The summed E-state index contributed by atoms with van der Waals surface area (Å²) >= 11 is 5.22. The molecule has 0 unspecified atom stereocenters. The van der Waals surface area contributed by atoms with Crippen molar-refractivity contribution in [3.63, 3.8) is 0 Å². The van der Waals surface area contributed by atoms with Gasteiger partial charge >= 0.3 is 0 Å². The van der Waals surface area contributed by atoms with Crippen LogP contribution in [0.2, 0.25) is 0 Å². The molecule has 2 aromatic rings. The van der Waals surface area contributed by atoms with E-state index in [0.29, 0.717) is 5.69 Å². The number of rotatable bonds is 3. The number of aromatic nitrogens is 2. The molecule has 2 heterocycles. The number of aromatic amines is 1. The van der Waals surface area contributed by atoms with Crippen LogP contribution in [0.1, 0.15) is 36.8 Å². The summed E-state index contributed by atoms with van der Waals surface area (Å²) in [5.74, 6) is -0.198. The zero-order chi connectivity index (χ0) is 17.8. The summed E-state index contributed by atoms with van der Waals surface area (Å²) < 4.78 is 1.60. The Bertz CT molecular complexity index is 875. The molecule has 0 amide bonds. The normalized spacial score (nSPS) is 15.5. The maximum Gasteiger partial charge on any atom is 0.264 e. The smallest absolute Gasteiger partial charge is 0.264 e. The summed E-state index contributed by atoms with van der Waals surface area (Å²) in [4.78, 5) is 14.8. The lowest BCUT2D eigenvalue weighted by Crippen LogP contribution is -2.21. The topological polar surface area (TPSA) is 73.6 Å². The van der Waals surface area contributed by atoms with Crippen molar-refractivity contribution in [3.8, 4) is 11.6 Å². The van der Waals surface area contributed by atoms with Gasteiger partial charge in [0.25, 0.3) is 5.56 Å². The SMILES string of the molecule is Cc1ccc(-n2c(O)c(/C=N/N3CCCCCC3)c(=O)[nH]c2=S)cc1. The summed E-state index contributed by atoms with van der Waals surface area (Å²) in [5.41, 5.74) is 1.46. The molecule has 1 aromatic carbocycles. The van der Waals surface area contributed by atoms with E-state index in [1.807, 2.05) is 36.2 Å². The van der Waals surface area contributed by atoms with E-state index in [-0.39, 0.29) is 16.2 Å². The van der Waals surface area contributed by atoms with E-state index >= 15 is 0 Å². The van der Waals surface area contributed by atoms with Crippen molar-refractivity contribution < 1.29 is 5.11 Å². The number of hydrazone groups is 1. The highest BCUT2D eigenvalue weighted by Crippen LogP contribution is 2.19. The average Bonchev–Trinajstić information content (AvgIpc) is 2.85. The van der Waals surface area contributed by atoms with Crippen LogP contribution in [0.25, 0.3) is 5.69 Å². The molecule has 0 aliphatic carbocycles. The van der Waals surface area contributed by atoms with Crippen LogP contribution in [0, 0.1) is 11.7 Å². The first kappa shape index (κ1) is 17.4. The van der Waals surface area contributed by atoms with Gasteiger partial charge in [0.15, 0.2) is 4.77 Å². The molecule has 0 atom stereocenters. The zero-order valence-electron chi connectivity index (χ0n) is 14.2. The molecule has 1 aromatic heterocycles. The molecule has 0 spiro atoms. The second kappa shape index (κ2) is 7.65. The molecule has 132 valence electrons. The minimum atomic E-state index is -0.440. The van der Waals surface area contributed by atoms with Gasteiger partial charge in [-0.15, -0.1) is 0 Å². The molecular weight excluding hydrogens is 336 g/mol. The molecule has 3 rings (SSSR count). The fraction of sp³-hybridized carbons (Fsp3) is 0.389. The lowest BCUT2D eigenvalue weighted by atomic mass is 10.2. The number of hydrogen-bond donors (Lipinski definition) is 2. The van der Waals surface area contributed by atoms with Gasteiger partial charge in [-0.05, 0) is 44.1 Å². The van der Waals surface area contributed by atoms with E-state index < -0.39 is 5.56 Å². The Morgan fingerprint density at radius 1 is 1.16 bits per heavy atom. The summed E-state index contributed by atoms with van der Waals surface area (Å²) in [6.07, 6.45) is 6.02. The zero-order valence-corrected chi connectivity index (χ0v) is 15.1. The van der Waals surface area contributed by atoms with E-state index in [4.69, 9.17) is 12.2 Å². The first-order valence-electron chi connectivity index (χ1n) is 8.50. The van der Waals surface area contributed by atoms with E-state index in [2.05, 4.69) is 10.1 Å². The Morgan fingerprint density at radius 3 is 2.44 bits per heavy atom. The largest absolute Gasteiger partial charge is 0.494 e. The number of benzene rings is 1. The molecule has 6 nitrogen and oxygen atoms in total. The Kier molecular flexibility index (Phi) is 5.33. The van der Waals surface area contributed by atoms with Crippen LogP contribution in [0.3, 0.4) is 0 Å². The predicted molar refractivity (Wildman–Crippen MR) is 101 cm³/mol. The molecular formula is C18H22N4O2S. The lowest BCUT2D eigenvalue weighted by molar-refractivity contribution is 0.302. The van der Waals surface area contributed by atoms with Gasteiger partial charge in [0, 0.05) is 13.1 Å². The second-order valence-corrected chi connectivity index (χ2v) is 6.67. The maximum absolute atomic E-state index is 12.2. The minimum Gasteiger partial charge on any atom is -0.494 e. The average molecular weight is 358 g/mol. The van der Waals surface area contributed by atoms with Gasteiger partial charge in [-0.25, -0.2) is 0 Å². The van der Waals surface area contributed by atoms with Gasteiger partial charge in [-0.2, -0.15) is 5.10 Å². The third-order valence-electron chi connectivity index (χ3n) is 4.35. The number of nitrogens with one attached hydrogen (secondary N) is 1. The molecule has 7 heteroatoms. The molecule has 1 fully saturated rings. The fourth-order valence-electron chi connectivity index (χ4n) is 2.90. The first-order valence-corrected chi connectivity index (χ1v) is 8.91. The number of aryl methyl sites for hydroxylation is 1. The molecule has 0 saturated carbocycles.